The molecule has 2 aromatic heterocycles. The van der Waals surface area contributed by atoms with Crippen LogP contribution < -0.4 is 5.56 Å². The average Bonchev–Trinajstić information content (AvgIpc) is 3.38. The van der Waals surface area contributed by atoms with E-state index in [1.165, 1.54) is 28.7 Å². The molecule has 0 radical (unpaired) electrons. The molecule has 3 N–H and O–H groups in total. The number of aromatic carboxylic acids is 1. The molecule has 198 valence electrons. The molecule has 0 spiro atoms. The van der Waals surface area contributed by atoms with Crippen molar-refractivity contribution < 1.29 is 18.3 Å². The summed E-state index contributed by atoms with van der Waals surface area (Å²) in [5, 5.41) is 10.2. The number of hydrogen-bond acceptors (Lipinski definition) is 5. The molecule has 1 fully saturated rings. The Morgan fingerprint density at radius 3 is 2.21 bits per heavy atom. The number of aromatic amines is 2. The number of carboxylic acid groups (broad SMARTS) is 1. The minimum atomic E-state index is -3.91. The highest BCUT2D eigenvalue weighted by Crippen LogP contribution is 2.35. The number of fused-ring (bicyclic) bond motifs is 3. The Kier molecular flexibility index (Phi) is 6.10. The molecule has 0 atom stereocenters. The zero-order valence-corrected chi connectivity index (χ0v) is 21.9. The minimum Gasteiger partial charge on any atom is -0.478 e. The van der Waals surface area contributed by atoms with Crippen molar-refractivity contribution in [2.24, 2.45) is 0 Å². The van der Waals surface area contributed by atoms with Crippen LogP contribution in [0.1, 0.15) is 27.5 Å². The molecule has 0 amide bonds. The maximum Gasteiger partial charge on any atom is 0.337 e. The summed E-state index contributed by atoms with van der Waals surface area (Å²) in [7, 11) is -2.33. The number of sulfonamides is 1. The highest BCUT2D eigenvalue weighted by molar-refractivity contribution is 7.89. The van der Waals surface area contributed by atoms with Gasteiger partial charge in [0.2, 0.25) is 10.0 Å². The number of carbonyl (C=O) groups is 1. The van der Waals surface area contributed by atoms with Crippen LogP contribution in [0.15, 0.2) is 94.7 Å². The van der Waals surface area contributed by atoms with E-state index in [4.69, 9.17) is 0 Å². The zero-order chi connectivity index (χ0) is 27.3. The van der Waals surface area contributed by atoms with Crippen molar-refractivity contribution in [1.29, 1.82) is 0 Å². The minimum absolute atomic E-state index is 0.00793. The molecule has 6 rings (SSSR count). The van der Waals surface area contributed by atoms with Gasteiger partial charge in [-0.05, 0) is 29.3 Å². The highest BCUT2D eigenvalue weighted by Gasteiger charge is 2.40. The van der Waals surface area contributed by atoms with Crippen molar-refractivity contribution in [3.05, 3.63) is 112 Å². The first-order chi connectivity index (χ1) is 18.8. The number of nitrogens with zero attached hydrogens (tertiary/aromatic N) is 2. The first kappa shape index (κ1) is 25.1. The Morgan fingerprint density at radius 2 is 1.62 bits per heavy atom. The largest absolute Gasteiger partial charge is 0.478 e. The van der Waals surface area contributed by atoms with Crippen molar-refractivity contribution in [1.82, 2.24) is 19.2 Å². The number of H-pyrrole nitrogens is 2. The van der Waals surface area contributed by atoms with Crippen molar-refractivity contribution in [2.75, 3.05) is 20.1 Å². The summed E-state index contributed by atoms with van der Waals surface area (Å²) in [5.41, 5.74) is 2.16. The van der Waals surface area contributed by atoms with Gasteiger partial charge < -0.3 is 15.1 Å². The number of likely N-dealkylation sites (N-methyl/N-ethyl adjacent to an activating group) is 1. The number of hydrogen-bond donors (Lipinski definition) is 3. The number of carboxylic acids is 1. The molecule has 39 heavy (non-hydrogen) atoms. The Hall–Kier alpha value is -4.25. The first-order valence-corrected chi connectivity index (χ1v) is 13.9. The molecule has 1 aliphatic heterocycles. The van der Waals surface area contributed by atoms with Crippen molar-refractivity contribution >= 4 is 37.8 Å². The molecular formula is C29H26N4O5S. The third-order valence-corrected chi connectivity index (χ3v) is 9.43. The predicted octanol–water partition coefficient (Wildman–Crippen LogP) is 3.80. The number of pyridine rings is 1. The molecule has 1 aliphatic rings. The third-order valence-electron chi connectivity index (χ3n) is 7.52. The topological polar surface area (TPSA) is 127 Å². The van der Waals surface area contributed by atoms with E-state index in [0.717, 1.165) is 11.1 Å². The maximum absolute atomic E-state index is 13.7. The quantitative estimate of drug-likeness (QED) is 0.287. The summed E-state index contributed by atoms with van der Waals surface area (Å²) in [5.74, 6) is -1.21. The van der Waals surface area contributed by atoms with Crippen LogP contribution in [0.25, 0.3) is 21.8 Å². The van der Waals surface area contributed by atoms with E-state index in [2.05, 4.69) is 39.1 Å². The van der Waals surface area contributed by atoms with Gasteiger partial charge in [-0.1, -0.05) is 60.7 Å². The molecule has 1 saturated heterocycles. The summed E-state index contributed by atoms with van der Waals surface area (Å²) in [6, 6.07) is 24.4. The Bertz CT molecular complexity index is 1820. The van der Waals surface area contributed by atoms with Gasteiger partial charge in [-0.3, -0.25) is 9.69 Å². The molecule has 3 heterocycles. The van der Waals surface area contributed by atoms with Gasteiger partial charge in [-0.2, -0.15) is 4.31 Å². The summed E-state index contributed by atoms with van der Waals surface area (Å²) in [6.45, 7) is 1.10. The summed E-state index contributed by atoms with van der Waals surface area (Å²) in [6.07, 6.45) is 1.24. The van der Waals surface area contributed by atoms with Crippen LogP contribution >= 0.6 is 0 Å². The maximum atomic E-state index is 13.7. The van der Waals surface area contributed by atoms with E-state index >= 15 is 0 Å². The summed E-state index contributed by atoms with van der Waals surface area (Å²) >= 11 is 0. The molecule has 9 nitrogen and oxygen atoms in total. The van der Waals surface area contributed by atoms with Crippen LogP contribution in [0.5, 0.6) is 0 Å². The van der Waals surface area contributed by atoms with Crippen molar-refractivity contribution in [3.63, 3.8) is 0 Å². The fraction of sp³-hybridized carbons (Fsp3) is 0.172. The fourth-order valence-corrected chi connectivity index (χ4v) is 6.78. The van der Waals surface area contributed by atoms with Gasteiger partial charge in [0.05, 0.1) is 22.5 Å². The van der Waals surface area contributed by atoms with Gasteiger partial charge in [0.1, 0.15) is 5.52 Å². The lowest BCUT2D eigenvalue weighted by Gasteiger charge is -2.47. The SMILES string of the molecule is CN(C1CN(C(c2ccccc2)c2ccccc2)C1)S(=O)(=O)c1ccc2[nH]c(=O)c3[nH]cc(C(=O)O)c3c2c1. The number of likely N-dealkylation sites (tertiary alicyclic amines) is 1. The van der Waals surface area contributed by atoms with Crippen molar-refractivity contribution in [2.45, 2.75) is 17.0 Å². The van der Waals surface area contributed by atoms with Gasteiger partial charge in [0.25, 0.3) is 5.56 Å². The van der Waals surface area contributed by atoms with E-state index < -0.39 is 21.6 Å². The Morgan fingerprint density at radius 1 is 1.00 bits per heavy atom. The fourth-order valence-electron chi connectivity index (χ4n) is 5.41. The monoisotopic (exact) mass is 542 g/mol. The van der Waals surface area contributed by atoms with E-state index in [1.807, 2.05) is 36.4 Å². The van der Waals surface area contributed by atoms with E-state index in [0.29, 0.717) is 24.0 Å². The van der Waals surface area contributed by atoms with E-state index in [-0.39, 0.29) is 33.4 Å². The molecule has 5 aromatic rings. The van der Waals surface area contributed by atoms with Crippen molar-refractivity contribution in [3.8, 4) is 0 Å². The Balaban J connectivity index is 1.31. The molecule has 0 saturated carbocycles. The van der Waals surface area contributed by atoms with Crippen LogP contribution in [0.2, 0.25) is 0 Å². The van der Waals surface area contributed by atoms with Gasteiger partial charge in [0, 0.05) is 42.6 Å². The van der Waals surface area contributed by atoms with E-state index in [9.17, 15) is 23.1 Å². The summed E-state index contributed by atoms with van der Waals surface area (Å²) in [4.78, 5) is 31.9. The summed E-state index contributed by atoms with van der Waals surface area (Å²) < 4.78 is 28.8. The van der Waals surface area contributed by atoms with Gasteiger partial charge in [0.15, 0.2) is 0 Å². The normalized spacial score (nSPS) is 14.8. The van der Waals surface area contributed by atoms with Crippen LogP contribution in [0.4, 0.5) is 0 Å². The predicted molar refractivity (Wildman–Crippen MR) is 148 cm³/mol. The second-order valence-corrected chi connectivity index (χ2v) is 11.8. The van der Waals surface area contributed by atoms with Gasteiger partial charge in [-0.15, -0.1) is 0 Å². The highest BCUT2D eigenvalue weighted by atomic mass is 32.2. The molecule has 0 unspecified atom stereocenters. The Labute approximate surface area is 224 Å². The van der Waals surface area contributed by atoms with E-state index in [1.54, 1.807) is 7.05 Å². The molecule has 0 bridgehead atoms. The molecule has 0 aliphatic carbocycles. The number of aromatic nitrogens is 2. The van der Waals surface area contributed by atoms with Gasteiger partial charge >= 0.3 is 5.97 Å². The molecule has 3 aromatic carbocycles. The lowest BCUT2D eigenvalue weighted by molar-refractivity contribution is 0.0620. The molecule has 10 heteroatoms. The van der Waals surface area contributed by atoms with Gasteiger partial charge in [-0.25, -0.2) is 13.2 Å². The van der Waals surface area contributed by atoms with Crippen LogP contribution in [-0.4, -0.2) is 64.8 Å². The molecular weight excluding hydrogens is 516 g/mol. The first-order valence-electron chi connectivity index (χ1n) is 12.5. The van der Waals surface area contributed by atoms with Crippen LogP contribution in [0.3, 0.4) is 0 Å². The zero-order valence-electron chi connectivity index (χ0n) is 21.0. The van der Waals surface area contributed by atoms with Crippen LogP contribution in [-0.2, 0) is 10.0 Å². The standard InChI is InChI=1S/C29H26N4O5S/c1-32(20-16-33(17-20)27(18-8-4-2-5-9-18)19-10-6-3-7-11-19)39(37,38)21-12-13-24-22(14-21)25-23(29(35)36)15-30-26(25)28(34)31-24/h2-15,20,27,30H,16-17H2,1H3,(H,31,34)(H,35,36). The third kappa shape index (κ3) is 4.22. The number of nitrogens with one attached hydrogen (secondary N) is 2. The second-order valence-electron chi connectivity index (χ2n) is 9.77. The lowest BCUT2D eigenvalue weighted by atomic mass is 9.93. The lowest BCUT2D eigenvalue weighted by Crippen LogP contribution is -2.60. The van der Waals surface area contributed by atoms with Crippen LogP contribution in [0, 0.1) is 0 Å². The number of benzene rings is 3. The average molecular weight is 543 g/mol. The smallest absolute Gasteiger partial charge is 0.337 e. The number of rotatable bonds is 7. The second kappa shape index (κ2) is 9.49.